The van der Waals surface area contributed by atoms with Crippen LogP contribution in [0.3, 0.4) is 0 Å². The van der Waals surface area contributed by atoms with E-state index >= 15 is 0 Å². The van der Waals surface area contributed by atoms with Gasteiger partial charge in [-0.15, -0.1) is 0 Å². The van der Waals surface area contributed by atoms with Crippen molar-refractivity contribution in [3.05, 3.63) is 101 Å². The molecule has 0 bridgehead atoms. The van der Waals surface area contributed by atoms with E-state index in [-0.39, 0.29) is 0 Å². The van der Waals surface area contributed by atoms with E-state index in [1.807, 2.05) is 25.3 Å². The molecule has 3 aromatic rings. The van der Waals surface area contributed by atoms with Crippen molar-refractivity contribution in [3.63, 3.8) is 0 Å². The van der Waals surface area contributed by atoms with E-state index in [1.54, 1.807) is 0 Å². The third kappa shape index (κ3) is 4.20. The average molecular weight is 428 g/mol. The Hall–Kier alpha value is -2.62. The van der Waals surface area contributed by atoms with Crippen molar-refractivity contribution < 1.29 is 9.47 Å². The number of fused-ring (bicyclic) bond motifs is 1. The molecule has 5 rings (SSSR count). The molecule has 1 aliphatic carbocycles. The van der Waals surface area contributed by atoms with Crippen LogP contribution in [0.4, 0.5) is 0 Å². The van der Waals surface area contributed by atoms with E-state index < -0.39 is 5.72 Å². The summed E-state index contributed by atoms with van der Waals surface area (Å²) in [6.45, 7) is 1.65. The van der Waals surface area contributed by atoms with Crippen LogP contribution >= 0.6 is 0 Å². The van der Waals surface area contributed by atoms with Crippen LogP contribution in [0.25, 0.3) is 0 Å². The molecule has 3 nitrogen and oxygen atoms in total. The topological polar surface area (TPSA) is 21.7 Å². The lowest BCUT2D eigenvalue weighted by atomic mass is 9.83. The minimum Gasteiger partial charge on any atom is -0.489 e. The Morgan fingerprint density at radius 1 is 0.844 bits per heavy atom. The molecule has 1 heterocycles. The van der Waals surface area contributed by atoms with Crippen LogP contribution in [0.5, 0.6) is 5.75 Å². The summed E-state index contributed by atoms with van der Waals surface area (Å²) < 4.78 is 12.5. The zero-order valence-corrected chi connectivity index (χ0v) is 19.0. The van der Waals surface area contributed by atoms with Crippen LogP contribution in [0.2, 0.25) is 0 Å². The van der Waals surface area contributed by atoms with Crippen LogP contribution in [-0.4, -0.2) is 24.6 Å². The molecule has 3 aromatic carbocycles. The number of benzene rings is 3. The van der Waals surface area contributed by atoms with Gasteiger partial charge in [-0.2, -0.15) is 0 Å². The SMILES string of the molecule is COC1(Cc2ccc(OCc3ccccc3)cc2)c2ccccc2CCN1C1CCCC1. The van der Waals surface area contributed by atoms with Crippen molar-refractivity contribution in [1.29, 1.82) is 0 Å². The van der Waals surface area contributed by atoms with Crippen molar-refractivity contribution in [2.75, 3.05) is 13.7 Å². The molecule has 166 valence electrons. The Kier molecular flexibility index (Phi) is 6.29. The monoisotopic (exact) mass is 427 g/mol. The molecule has 0 spiro atoms. The molecule has 0 saturated heterocycles. The van der Waals surface area contributed by atoms with Gasteiger partial charge in [0.25, 0.3) is 0 Å². The second-order valence-electron chi connectivity index (χ2n) is 9.12. The maximum atomic E-state index is 6.46. The van der Waals surface area contributed by atoms with Crippen molar-refractivity contribution in [2.24, 2.45) is 0 Å². The minimum atomic E-state index is -0.406. The lowest BCUT2D eigenvalue weighted by Gasteiger charge is -2.50. The van der Waals surface area contributed by atoms with Crippen molar-refractivity contribution in [3.8, 4) is 5.75 Å². The van der Waals surface area contributed by atoms with Crippen molar-refractivity contribution in [2.45, 2.75) is 56.9 Å². The van der Waals surface area contributed by atoms with E-state index in [1.165, 1.54) is 47.9 Å². The summed E-state index contributed by atoms with van der Waals surface area (Å²) in [5.74, 6) is 0.903. The van der Waals surface area contributed by atoms with E-state index in [0.717, 1.165) is 25.1 Å². The second kappa shape index (κ2) is 9.48. The predicted molar refractivity (Wildman–Crippen MR) is 129 cm³/mol. The third-order valence-corrected chi connectivity index (χ3v) is 7.24. The fourth-order valence-electron chi connectivity index (χ4n) is 5.61. The van der Waals surface area contributed by atoms with Gasteiger partial charge in [0.1, 0.15) is 12.4 Å². The molecule has 1 aliphatic heterocycles. The molecule has 0 radical (unpaired) electrons. The molecule has 0 N–H and O–H groups in total. The number of hydrogen-bond acceptors (Lipinski definition) is 3. The van der Waals surface area contributed by atoms with Crippen LogP contribution in [0, 0.1) is 0 Å². The molecule has 2 aliphatic rings. The lowest BCUT2D eigenvalue weighted by Crippen LogP contribution is -2.56. The summed E-state index contributed by atoms with van der Waals surface area (Å²) in [5, 5.41) is 0. The highest BCUT2D eigenvalue weighted by Gasteiger charge is 2.46. The molecular weight excluding hydrogens is 394 g/mol. The molecule has 1 atom stereocenters. The largest absolute Gasteiger partial charge is 0.489 e. The molecule has 3 heteroatoms. The molecule has 1 unspecified atom stereocenters. The van der Waals surface area contributed by atoms with Crippen LogP contribution in [0.15, 0.2) is 78.9 Å². The zero-order valence-electron chi connectivity index (χ0n) is 19.0. The normalized spacial score (nSPS) is 21.4. The summed E-state index contributed by atoms with van der Waals surface area (Å²) in [7, 11) is 1.89. The third-order valence-electron chi connectivity index (χ3n) is 7.24. The molecular formula is C29H33NO2. The highest BCUT2D eigenvalue weighted by molar-refractivity contribution is 5.38. The van der Waals surface area contributed by atoms with Crippen LogP contribution < -0.4 is 4.74 Å². The summed E-state index contributed by atoms with van der Waals surface area (Å²) >= 11 is 0. The van der Waals surface area contributed by atoms with Gasteiger partial charge in [-0.3, -0.25) is 4.90 Å². The molecule has 1 fully saturated rings. The average Bonchev–Trinajstić information content (AvgIpc) is 3.39. The Bertz CT molecular complexity index is 1010. The van der Waals surface area contributed by atoms with Gasteiger partial charge in [0.2, 0.25) is 0 Å². The van der Waals surface area contributed by atoms with Crippen LogP contribution in [0.1, 0.15) is 47.9 Å². The number of nitrogens with zero attached hydrogens (tertiary/aromatic N) is 1. The maximum absolute atomic E-state index is 6.46. The van der Waals surface area contributed by atoms with Gasteiger partial charge in [0, 0.05) is 31.7 Å². The standard InChI is InChI=1S/C29H33NO2/c1-31-29(21-23-15-17-27(18-16-23)32-22-24-9-3-2-4-10-24)28-14-8-5-11-25(28)19-20-30(29)26-12-6-7-13-26/h2-5,8-11,14-18,26H,6-7,12-13,19-22H2,1H3. The predicted octanol–water partition coefficient (Wildman–Crippen LogP) is 6.11. The fourth-order valence-corrected chi connectivity index (χ4v) is 5.61. The smallest absolute Gasteiger partial charge is 0.151 e. The van der Waals surface area contributed by atoms with Gasteiger partial charge < -0.3 is 9.47 Å². The van der Waals surface area contributed by atoms with Crippen molar-refractivity contribution >= 4 is 0 Å². The van der Waals surface area contributed by atoms with Gasteiger partial charge >= 0.3 is 0 Å². The fraction of sp³-hybridized carbons (Fsp3) is 0.379. The molecule has 1 saturated carbocycles. The van der Waals surface area contributed by atoms with Gasteiger partial charge in [-0.1, -0.05) is 79.6 Å². The zero-order chi connectivity index (χ0) is 21.8. The molecule has 32 heavy (non-hydrogen) atoms. The van der Waals surface area contributed by atoms with Gasteiger partial charge in [0.05, 0.1) is 0 Å². The van der Waals surface area contributed by atoms with E-state index in [2.05, 4.69) is 65.6 Å². The Morgan fingerprint density at radius 3 is 2.31 bits per heavy atom. The number of hydrogen-bond donors (Lipinski definition) is 0. The van der Waals surface area contributed by atoms with E-state index in [9.17, 15) is 0 Å². The maximum Gasteiger partial charge on any atom is 0.151 e. The number of rotatable bonds is 7. The van der Waals surface area contributed by atoms with Gasteiger partial charge in [0.15, 0.2) is 5.72 Å². The van der Waals surface area contributed by atoms with E-state index in [4.69, 9.17) is 9.47 Å². The minimum absolute atomic E-state index is 0.406. The van der Waals surface area contributed by atoms with Crippen molar-refractivity contribution in [1.82, 2.24) is 4.90 Å². The quantitative estimate of drug-likeness (QED) is 0.454. The highest BCUT2D eigenvalue weighted by atomic mass is 16.5. The Labute approximate surface area is 192 Å². The molecule has 0 amide bonds. The van der Waals surface area contributed by atoms with Gasteiger partial charge in [-0.25, -0.2) is 0 Å². The van der Waals surface area contributed by atoms with E-state index in [0.29, 0.717) is 12.6 Å². The van der Waals surface area contributed by atoms with Crippen LogP contribution in [-0.2, 0) is 29.9 Å². The summed E-state index contributed by atoms with van der Waals surface area (Å²) in [4.78, 5) is 2.67. The highest BCUT2D eigenvalue weighted by Crippen LogP contribution is 2.43. The van der Waals surface area contributed by atoms with Gasteiger partial charge in [-0.05, 0) is 48.1 Å². The summed E-state index contributed by atoms with van der Waals surface area (Å²) in [5.41, 5.74) is 4.81. The summed E-state index contributed by atoms with van der Waals surface area (Å²) in [6, 6.07) is 28.4. The first-order valence-corrected chi connectivity index (χ1v) is 11.9. The summed E-state index contributed by atoms with van der Waals surface area (Å²) in [6.07, 6.45) is 7.16. The molecule has 0 aromatic heterocycles. The first kappa shape index (κ1) is 21.2. The second-order valence-corrected chi connectivity index (χ2v) is 9.12. The number of ether oxygens (including phenoxy) is 2. The first-order chi connectivity index (χ1) is 15.8. The number of methoxy groups -OCH3 is 1. The Morgan fingerprint density at radius 2 is 1.56 bits per heavy atom. The Balaban J connectivity index is 1.39. The first-order valence-electron chi connectivity index (χ1n) is 11.9. The lowest BCUT2D eigenvalue weighted by molar-refractivity contribution is -0.167.